The Balaban J connectivity index is 0.00000208. The van der Waals surface area contributed by atoms with Gasteiger partial charge in [0.2, 0.25) is 5.91 Å². The van der Waals surface area contributed by atoms with Gasteiger partial charge in [-0.05, 0) is 50.4 Å². The van der Waals surface area contributed by atoms with E-state index in [0.717, 1.165) is 32.2 Å². The van der Waals surface area contributed by atoms with E-state index >= 15 is 0 Å². The monoisotopic (exact) mass is 353 g/mol. The Morgan fingerprint density at radius 2 is 2.08 bits per heavy atom. The molecule has 7 heteroatoms. The van der Waals surface area contributed by atoms with Crippen LogP contribution in [0.1, 0.15) is 42.5 Å². The van der Waals surface area contributed by atoms with Crippen LogP contribution in [0.4, 0.5) is 5.69 Å². The molecule has 1 saturated carbocycles. The minimum absolute atomic E-state index is 0. The summed E-state index contributed by atoms with van der Waals surface area (Å²) >= 11 is 0. The molecular weight excluding hydrogens is 330 g/mol. The molecule has 1 heterocycles. The van der Waals surface area contributed by atoms with E-state index in [4.69, 9.17) is 4.74 Å². The van der Waals surface area contributed by atoms with Crippen LogP contribution in [-0.2, 0) is 4.79 Å². The molecule has 1 unspecified atom stereocenters. The van der Waals surface area contributed by atoms with Gasteiger partial charge in [0.1, 0.15) is 5.75 Å². The fourth-order valence-electron chi connectivity index (χ4n) is 2.79. The van der Waals surface area contributed by atoms with Crippen LogP contribution in [0.5, 0.6) is 5.75 Å². The summed E-state index contributed by atoms with van der Waals surface area (Å²) in [6, 6.07) is 5.64. The maximum absolute atomic E-state index is 12.4. The Morgan fingerprint density at radius 3 is 2.71 bits per heavy atom. The maximum atomic E-state index is 12.4. The quantitative estimate of drug-likeness (QED) is 0.731. The summed E-state index contributed by atoms with van der Waals surface area (Å²) in [4.78, 5) is 24.6. The molecule has 2 aliphatic rings. The van der Waals surface area contributed by atoms with Gasteiger partial charge in [0.05, 0.1) is 18.4 Å². The molecule has 2 fully saturated rings. The van der Waals surface area contributed by atoms with Gasteiger partial charge < -0.3 is 20.7 Å². The first-order valence-corrected chi connectivity index (χ1v) is 8.18. The largest absolute Gasteiger partial charge is 0.497 e. The normalized spacial score (nSPS) is 19.3. The molecule has 1 saturated heterocycles. The topological polar surface area (TPSA) is 79.5 Å². The van der Waals surface area contributed by atoms with Crippen LogP contribution in [0.25, 0.3) is 0 Å². The van der Waals surface area contributed by atoms with E-state index in [9.17, 15) is 9.59 Å². The van der Waals surface area contributed by atoms with Gasteiger partial charge in [0.15, 0.2) is 0 Å². The number of anilines is 1. The van der Waals surface area contributed by atoms with Crippen molar-refractivity contribution >= 4 is 29.9 Å². The summed E-state index contributed by atoms with van der Waals surface area (Å²) in [5.41, 5.74) is 0.982. The van der Waals surface area contributed by atoms with Crippen molar-refractivity contribution in [2.75, 3.05) is 19.0 Å². The van der Waals surface area contributed by atoms with Crippen molar-refractivity contribution in [3.8, 4) is 5.75 Å². The number of rotatable bonds is 6. The van der Waals surface area contributed by atoms with Crippen LogP contribution in [0.15, 0.2) is 18.2 Å². The highest BCUT2D eigenvalue weighted by atomic mass is 35.5. The highest BCUT2D eigenvalue weighted by Crippen LogP contribution is 2.25. The first-order valence-electron chi connectivity index (χ1n) is 8.18. The first kappa shape index (κ1) is 18.5. The van der Waals surface area contributed by atoms with Crippen molar-refractivity contribution in [2.24, 2.45) is 0 Å². The van der Waals surface area contributed by atoms with E-state index in [1.807, 2.05) is 0 Å². The van der Waals surface area contributed by atoms with E-state index in [1.165, 1.54) is 0 Å². The molecule has 1 aromatic rings. The fraction of sp³-hybridized carbons (Fsp3) is 0.529. The highest BCUT2D eigenvalue weighted by molar-refractivity contribution is 6.04. The number of hydrogen-bond donors (Lipinski definition) is 3. The second kappa shape index (κ2) is 8.35. The minimum Gasteiger partial charge on any atom is -0.497 e. The lowest BCUT2D eigenvalue weighted by Gasteiger charge is -2.14. The Kier molecular flexibility index (Phi) is 6.45. The number of nitrogens with one attached hydrogen (secondary N) is 3. The number of carbonyl (C=O) groups is 2. The highest BCUT2D eigenvalue weighted by Gasteiger charge is 2.26. The predicted molar refractivity (Wildman–Crippen MR) is 95.0 cm³/mol. The Labute approximate surface area is 148 Å². The zero-order chi connectivity index (χ0) is 16.2. The van der Waals surface area contributed by atoms with Crippen molar-refractivity contribution < 1.29 is 14.3 Å². The molecule has 3 rings (SSSR count). The standard InChI is InChI=1S/C17H23N3O3.ClH/c1-23-13-6-7-15(14(10-13)17(22)19-11-4-5-11)20-16(21)9-12-3-2-8-18-12;/h6-7,10-12,18H,2-5,8-9H2,1H3,(H,19,22)(H,20,21);1H. The molecule has 0 aromatic heterocycles. The third-order valence-corrected chi connectivity index (χ3v) is 4.25. The number of methoxy groups -OCH3 is 1. The lowest BCUT2D eigenvalue weighted by atomic mass is 10.1. The van der Waals surface area contributed by atoms with Crippen molar-refractivity contribution in [1.82, 2.24) is 10.6 Å². The molecule has 1 aliphatic carbocycles. The fourth-order valence-corrected chi connectivity index (χ4v) is 2.79. The summed E-state index contributed by atoms with van der Waals surface area (Å²) in [6.07, 6.45) is 4.59. The van der Waals surface area contributed by atoms with E-state index in [-0.39, 0.29) is 36.3 Å². The average molecular weight is 354 g/mol. The molecule has 2 amide bonds. The van der Waals surface area contributed by atoms with Crippen LogP contribution in [0.2, 0.25) is 0 Å². The lowest BCUT2D eigenvalue weighted by molar-refractivity contribution is -0.116. The molecule has 132 valence electrons. The first-order chi connectivity index (χ1) is 11.2. The molecule has 0 bridgehead atoms. The van der Waals surface area contributed by atoms with Gasteiger partial charge in [-0.1, -0.05) is 0 Å². The number of carbonyl (C=O) groups excluding carboxylic acids is 2. The molecule has 0 spiro atoms. The Morgan fingerprint density at radius 1 is 1.29 bits per heavy atom. The molecule has 1 aromatic carbocycles. The van der Waals surface area contributed by atoms with Crippen LogP contribution in [-0.4, -0.2) is 37.6 Å². The Bertz CT molecular complexity index is 599. The zero-order valence-electron chi connectivity index (χ0n) is 13.8. The van der Waals surface area contributed by atoms with E-state index in [1.54, 1.807) is 25.3 Å². The number of amides is 2. The maximum Gasteiger partial charge on any atom is 0.253 e. The van der Waals surface area contributed by atoms with Crippen LogP contribution >= 0.6 is 12.4 Å². The van der Waals surface area contributed by atoms with Gasteiger partial charge in [-0.2, -0.15) is 0 Å². The molecule has 24 heavy (non-hydrogen) atoms. The third-order valence-electron chi connectivity index (χ3n) is 4.25. The van der Waals surface area contributed by atoms with Crippen LogP contribution in [0, 0.1) is 0 Å². The smallest absolute Gasteiger partial charge is 0.253 e. The second-order valence-electron chi connectivity index (χ2n) is 6.20. The number of hydrogen-bond acceptors (Lipinski definition) is 4. The third kappa shape index (κ3) is 4.85. The van der Waals surface area contributed by atoms with Crippen LogP contribution < -0.4 is 20.7 Å². The van der Waals surface area contributed by atoms with Crippen molar-refractivity contribution in [3.63, 3.8) is 0 Å². The molecule has 3 N–H and O–H groups in total. The number of benzene rings is 1. The SMILES string of the molecule is COc1ccc(NC(=O)CC2CCCN2)c(C(=O)NC2CC2)c1.Cl. The van der Waals surface area contributed by atoms with Crippen molar-refractivity contribution in [2.45, 2.75) is 44.2 Å². The van der Waals surface area contributed by atoms with Gasteiger partial charge in [-0.3, -0.25) is 9.59 Å². The van der Waals surface area contributed by atoms with Gasteiger partial charge in [0, 0.05) is 18.5 Å². The Hall–Kier alpha value is -1.79. The van der Waals surface area contributed by atoms with Gasteiger partial charge in [-0.15, -0.1) is 12.4 Å². The van der Waals surface area contributed by atoms with Gasteiger partial charge >= 0.3 is 0 Å². The number of ether oxygens (including phenoxy) is 1. The molecule has 6 nitrogen and oxygen atoms in total. The lowest BCUT2D eigenvalue weighted by Crippen LogP contribution is -2.29. The van der Waals surface area contributed by atoms with Crippen molar-refractivity contribution in [1.29, 1.82) is 0 Å². The summed E-state index contributed by atoms with van der Waals surface area (Å²) < 4.78 is 5.19. The summed E-state index contributed by atoms with van der Waals surface area (Å²) in [5.74, 6) is 0.358. The predicted octanol–water partition coefficient (Wildman–Crippen LogP) is 2.09. The molecule has 1 aliphatic heterocycles. The molecule has 1 atom stereocenters. The van der Waals surface area contributed by atoms with Crippen LogP contribution in [0.3, 0.4) is 0 Å². The van der Waals surface area contributed by atoms with Gasteiger partial charge in [0.25, 0.3) is 5.91 Å². The summed E-state index contributed by atoms with van der Waals surface area (Å²) in [6.45, 7) is 0.968. The zero-order valence-corrected chi connectivity index (χ0v) is 14.6. The summed E-state index contributed by atoms with van der Waals surface area (Å²) in [5, 5.41) is 9.12. The number of halogens is 1. The minimum atomic E-state index is -0.166. The molecule has 0 radical (unpaired) electrons. The second-order valence-corrected chi connectivity index (χ2v) is 6.20. The van der Waals surface area contributed by atoms with Crippen molar-refractivity contribution in [3.05, 3.63) is 23.8 Å². The van der Waals surface area contributed by atoms with E-state index in [2.05, 4.69) is 16.0 Å². The molecular formula is C17H24ClN3O3. The van der Waals surface area contributed by atoms with Gasteiger partial charge in [-0.25, -0.2) is 0 Å². The van der Waals surface area contributed by atoms with E-state index < -0.39 is 0 Å². The average Bonchev–Trinajstić information content (AvgIpc) is 3.21. The summed E-state index contributed by atoms with van der Waals surface area (Å²) in [7, 11) is 1.56. The van der Waals surface area contributed by atoms with E-state index in [0.29, 0.717) is 23.4 Å².